The highest BCUT2D eigenvalue weighted by Crippen LogP contribution is 2.56. The third-order valence-electron chi connectivity index (χ3n) is 3.44. The third-order valence-corrected chi connectivity index (χ3v) is 10.2. The fraction of sp³-hybridized carbons (Fsp3) is 1.00. The van der Waals surface area contributed by atoms with Crippen molar-refractivity contribution >= 4 is 132 Å². The Balaban J connectivity index is 5.65. The molecule has 0 rings (SSSR count). The maximum atomic E-state index is 13.1. The van der Waals surface area contributed by atoms with Crippen molar-refractivity contribution in [3.63, 3.8) is 0 Å². The van der Waals surface area contributed by atoms with Crippen LogP contribution in [0.5, 0.6) is 0 Å². The number of halogens is 10. The molecule has 20 heteroatoms. The average molecular weight is 735 g/mol. The fourth-order valence-corrected chi connectivity index (χ4v) is 7.33. The molecule has 0 saturated heterocycles. The molecule has 206 valence electrons. The summed E-state index contributed by atoms with van der Waals surface area (Å²) in [4.78, 5) is 0. The molecule has 0 aliphatic carbocycles. The highest BCUT2D eigenvalue weighted by atomic mass is 35.5. The zero-order valence-corrected chi connectivity index (χ0v) is 26.5. The van der Waals surface area contributed by atoms with Crippen LogP contribution in [0.25, 0.3) is 0 Å². The molecule has 0 fully saturated rings. The summed E-state index contributed by atoms with van der Waals surface area (Å²) in [5, 5.41) is -1.59. The van der Waals surface area contributed by atoms with E-state index in [0.717, 1.165) is 0 Å². The molecule has 0 saturated carbocycles. The van der Waals surface area contributed by atoms with Crippen molar-refractivity contribution in [3.8, 4) is 0 Å². The van der Waals surface area contributed by atoms with Crippen LogP contribution in [-0.2, 0) is 36.3 Å². The van der Waals surface area contributed by atoms with Crippen LogP contribution in [0.2, 0.25) is 0 Å². The van der Waals surface area contributed by atoms with Crippen LogP contribution in [-0.4, -0.2) is 77.2 Å². The first kappa shape index (κ1) is 37.1. The fourth-order valence-electron chi connectivity index (χ4n) is 1.66. The van der Waals surface area contributed by atoms with Crippen LogP contribution in [0.15, 0.2) is 0 Å². The minimum Gasteiger partial charge on any atom is -0.286 e. The molecule has 0 aromatic heterocycles. The summed E-state index contributed by atoms with van der Waals surface area (Å²) in [7, 11) is -8.81. The Bertz CT molecular complexity index is 640. The second-order valence-corrected chi connectivity index (χ2v) is 13.0. The van der Waals surface area contributed by atoms with Crippen LogP contribution in [0.3, 0.4) is 0 Å². The van der Waals surface area contributed by atoms with E-state index in [0.29, 0.717) is 0 Å². The van der Waals surface area contributed by atoms with E-state index in [4.69, 9.17) is 143 Å². The Kier molecular flexibility index (Phi) is 21.0. The van der Waals surface area contributed by atoms with Crippen molar-refractivity contribution in [1.82, 2.24) is 0 Å². The van der Waals surface area contributed by atoms with E-state index in [-0.39, 0.29) is 41.2 Å². The normalized spacial score (nSPS) is 17.3. The van der Waals surface area contributed by atoms with Crippen LogP contribution in [0.1, 0.15) is 0 Å². The van der Waals surface area contributed by atoms with Gasteiger partial charge in [0, 0.05) is 17.2 Å². The Morgan fingerprint density at radius 2 is 0.971 bits per heavy atom. The maximum absolute atomic E-state index is 13.1. The van der Waals surface area contributed by atoms with E-state index < -0.39 is 57.1 Å². The maximum Gasteiger partial charge on any atom is 0.477 e. The Labute approximate surface area is 248 Å². The molecule has 0 amide bonds. The molecule has 0 heterocycles. The lowest BCUT2D eigenvalue weighted by molar-refractivity contribution is 0.0320. The zero-order valence-electron chi connectivity index (χ0n) is 17.1. The molecule has 3 unspecified atom stereocenters. The molecule has 0 radical (unpaired) electrons. The molecule has 0 aromatic carbocycles. The number of phosphoric acid groups is 2. The van der Waals surface area contributed by atoms with Crippen LogP contribution >= 0.6 is 132 Å². The molecule has 0 spiro atoms. The van der Waals surface area contributed by atoms with Crippen molar-refractivity contribution in [3.05, 3.63) is 0 Å². The van der Waals surface area contributed by atoms with E-state index in [1.165, 1.54) is 0 Å². The predicted molar refractivity (Wildman–Crippen MR) is 142 cm³/mol. The van der Waals surface area contributed by atoms with E-state index in [2.05, 4.69) is 0 Å². The molecule has 0 aliphatic heterocycles. The lowest BCUT2D eigenvalue weighted by Crippen LogP contribution is -2.36. The SMILES string of the molecule is O=P(OCC(CCl)(CCl)COP(=O)(OC(Cl)CCl)OC(CCl)CCl)(OC(Cl)Cl)OC(CCl)CCl. The van der Waals surface area contributed by atoms with Gasteiger partial charge in [-0.15, -0.1) is 81.2 Å². The van der Waals surface area contributed by atoms with E-state index in [1.54, 1.807) is 0 Å². The highest BCUT2D eigenvalue weighted by Gasteiger charge is 2.42. The topological polar surface area (TPSA) is 89.5 Å². The van der Waals surface area contributed by atoms with Gasteiger partial charge in [-0.1, -0.05) is 34.8 Å². The molecular formula is C14H22Cl10O8P2. The quantitative estimate of drug-likeness (QED) is 0.0866. The molecule has 8 nitrogen and oxygen atoms in total. The lowest BCUT2D eigenvalue weighted by Gasteiger charge is -2.32. The van der Waals surface area contributed by atoms with Gasteiger partial charge < -0.3 is 0 Å². The van der Waals surface area contributed by atoms with Crippen LogP contribution in [0, 0.1) is 5.41 Å². The number of hydrogen-bond acceptors (Lipinski definition) is 8. The Morgan fingerprint density at radius 1 is 0.588 bits per heavy atom. The number of alkyl halides is 10. The summed E-state index contributed by atoms with van der Waals surface area (Å²) >= 11 is 57.6. The Hall–Kier alpha value is 3.12. The van der Waals surface area contributed by atoms with Crippen molar-refractivity contribution in [2.75, 3.05) is 54.4 Å². The number of hydrogen-bond donors (Lipinski definition) is 0. The summed E-state index contributed by atoms with van der Waals surface area (Å²) in [5.74, 6) is -1.29. The second kappa shape index (κ2) is 19.2. The third kappa shape index (κ3) is 14.5. The lowest BCUT2D eigenvalue weighted by atomic mass is 9.96. The van der Waals surface area contributed by atoms with Gasteiger partial charge in [0.2, 0.25) is 5.02 Å². The average Bonchev–Trinajstić information content (AvgIpc) is 2.81. The summed E-state index contributed by atoms with van der Waals surface area (Å²) in [6.45, 7) is -1.01. The largest absolute Gasteiger partial charge is 0.477 e. The number of phosphoric ester groups is 2. The smallest absolute Gasteiger partial charge is 0.286 e. The molecule has 0 N–H and O–H groups in total. The van der Waals surface area contributed by atoms with Crippen LogP contribution < -0.4 is 0 Å². The van der Waals surface area contributed by atoms with Gasteiger partial charge in [-0.2, -0.15) is 0 Å². The minimum absolute atomic E-state index is 0.133. The summed E-state index contributed by atoms with van der Waals surface area (Å²) in [6, 6.07) is 0. The van der Waals surface area contributed by atoms with Gasteiger partial charge in [-0.25, -0.2) is 9.13 Å². The van der Waals surface area contributed by atoms with Gasteiger partial charge in [0.15, 0.2) is 5.56 Å². The number of rotatable bonds is 21. The monoisotopic (exact) mass is 730 g/mol. The summed E-state index contributed by atoms with van der Waals surface area (Å²) < 4.78 is 57.3. The first-order valence-electron chi connectivity index (χ1n) is 8.96. The zero-order chi connectivity index (χ0) is 26.4. The van der Waals surface area contributed by atoms with E-state index in [9.17, 15) is 9.13 Å². The van der Waals surface area contributed by atoms with E-state index in [1.807, 2.05) is 0 Å². The van der Waals surface area contributed by atoms with Gasteiger partial charge >= 0.3 is 15.6 Å². The predicted octanol–water partition coefficient (Wildman–Crippen LogP) is 8.02. The van der Waals surface area contributed by atoms with Crippen molar-refractivity contribution < 1.29 is 36.3 Å². The second-order valence-electron chi connectivity index (χ2n) is 6.32. The van der Waals surface area contributed by atoms with E-state index >= 15 is 0 Å². The molecular weight excluding hydrogens is 713 g/mol. The van der Waals surface area contributed by atoms with Crippen molar-refractivity contribution in [2.24, 2.45) is 5.41 Å². The first-order chi connectivity index (χ1) is 15.9. The van der Waals surface area contributed by atoms with Gasteiger partial charge in [-0.05, 0) is 0 Å². The van der Waals surface area contributed by atoms with Crippen LogP contribution in [0.4, 0.5) is 0 Å². The molecule has 3 atom stereocenters. The molecule has 34 heavy (non-hydrogen) atoms. The van der Waals surface area contributed by atoms with Gasteiger partial charge in [0.25, 0.3) is 0 Å². The van der Waals surface area contributed by atoms with Gasteiger partial charge in [0.05, 0.1) is 54.8 Å². The van der Waals surface area contributed by atoms with Gasteiger partial charge in [-0.3, -0.25) is 27.1 Å². The molecule has 0 aromatic rings. The standard InChI is InChI=1S/C14H22Cl10O8P2/c15-1-10(2-16)29-33(25,31-12(22)5-19)27-8-14(6-20,7-21)9-28-34(26,32-13(23)24)30-11(3-17)4-18/h10-13H,1-9H2. The molecule has 0 bridgehead atoms. The Morgan fingerprint density at radius 3 is 1.26 bits per heavy atom. The van der Waals surface area contributed by atoms with Crippen molar-refractivity contribution in [2.45, 2.75) is 22.8 Å². The summed E-state index contributed by atoms with van der Waals surface area (Å²) in [6.07, 6.45) is -1.85. The highest BCUT2D eigenvalue weighted by molar-refractivity contribution is 7.49. The minimum atomic E-state index is -4.42. The van der Waals surface area contributed by atoms with Gasteiger partial charge in [0.1, 0.15) is 0 Å². The summed E-state index contributed by atoms with van der Waals surface area (Å²) in [5.41, 5.74) is -2.58. The molecule has 0 aliphatic rings. The first-order valence-corrected chi connectivity index (χ1v) is 16.9. The van der Waals surface area contributed by atoms with Crippen molar-refractivity contribution in [1.29, 1.82) is 0 Å².